The van der Waals surface area contributed by atoms with Gasteiger partial charge in [-0.2, -0.15) is 5.10 Å². The number of anilines is 1. The van der Waals surface area contributed by atoms with Gasteiger partial charge in [-0.15, -0.1) is 0 Å². The predicted octanol–water partition coefficient (Wildman–Crippen LogP) is 4.38. The van der Waals surface area contributed by atoms with E-state index in [1.807, 2.05) is 47.6 Å². The molecule has 2 aliphatic heterocycles. The van der Waals surface area contributed by atoms with Gasteiger partial charge in [0, 0.05) is 49.2 Å². The molecule has 1 amide bonds. The second-order valence-corrected chi connectivity index (χ2v) is 8.48. The number of aromatic amines is 1. The quantitative estimate of drug-likeness (QED) is 0.707. The highest BCUT2D eigenvalue weighted by Crippen LogP contribution is 2.33. The van der Waals surface area contributed by atoms with Gasteiger partial charge < -0.3 is 9.80 Å². The second kappa shape index (κ2) is 8.34. The van der Waals surface area contributed by atoms with Gasteiger partial charge in [0.05, 0.1) is 6.20 Å². The van der Waals surface area contributed by atoms with Crippen molar-refractivity contribution in [1.29, 1.82) is 0 Å². The van der Waals surface area contributed by atoms with Gasteiger partial charge in [0.15, 0.2) is 0 Å². The Morgan fingerprint density at radius 1 is 1.03 bits per heavy atom. The SMILES string of the molecule is O=C(c1ccccc1)N1CCCC(CN2CCc3cc(-c4cn[nH]c4)ccc32)CC1. The van der Waals surface area contributed by atoms with Crippen LogP contribution >= 0.6 is 0 Å². The van der Waals surface area contributed by atoms with Crippen LogP contribution in [0.15, 0.2) is 60.9 Å². The van der Waals surface area contributed by atoms with E-state index in [2.05, 4.69) is 33.3 Å². The summed E-state index contributed by atoms with van der Waals surface area (Å²) in [4.78, 5) is 17.4. The number of hydrogen-bond donors (Lipinski definition) is 1. The summed E-state index contributed by atoms with van der Waals surface area (Å²) in [6.45, 7) is 3.91. The minimum atomic E-state index is 0.176. The first-order valence-electron chi connectivity index (χ1n) is 11.0. The van der Waals surface area contributed by atoms with E-state index in [1.54, 1.807) is 0 Å². The zero-order chi connectivity index (χ0) is 20.3. The number of benzene rings is 2. The fraction of sp³-hybridized carbons (Fsp3) is 0.360. The fourth-order valence-electron chi connectivity index (χ4n) is 4.87. The fourth-order valence-corrected chi connectivity index (χ4v) is 4.87. The summed E-state index contributed by atoms with van der Waals surface area (Å²) in [6, 6.07) is 16.5. The molecule has 0 aliphatic carbocycles. The first-order valence-corrected chi connectivity index (χ1v) is 11.0. The van der Waals surface area contributed by atoms with E-state index in [9.17, 15) is 4.79 Å². The number of rotatable bonds is 4. The number of H-pyrrole nitrogens is 1. The Morgan fingerprint density at radius 2 is 1.93 bits per heavy atom. The van der Waals surface area contributed by atoms with E-state index < -0.39 is 0 Å². The van der Waals surface area contributed by atoms with Gasteiger partial charge in [0.1, 0.15) is 0 Å². The molecule has 30 heavy (non-hydrogen) atoms. The molecule has 0 saturated carbocycles. The van der Waals surface area contributed by atoms with Gasteiger partial charge >= 0.3 is 0 Å². The van der Waals surface area contributed by atoms with Crippen molar-refractivity contribution < 1.29 is 4.79 Å². The van der Waals surface area contributed by atoms with Crippen LogP contribution in [0.3, 0.4) is 0 Å². The summed E-state index contributed by atoms with van der Waals surface area (Å²) < 4.78 is 0. The summed E-state index contributed by atoms with van der Waals surface area (Å²) in [5, 5.41) is 6.97. The van der Waals surface area contributed by atoms with Crippen LogP contribution in [0.5, 0.6) is 0 Å². The molecule has 1 aromatic heterocycles. The Hall–Kier alpha value is -3.08. The van der Waals surface area contributed by atoms with Gasteiger partial charge in [0.2, 0.25) is 0 Å². The first-order chi connectivity index (χ1) is 14.8. The van der Waals surface area contributed by atoms with Crippen molar-refractivity contribution >= 4 is 11.6 Å². The molecule has 154 valence electrons. The van der Waals surface area contributed by atoms with E-state index in [-0.39, 0.29) is 5.91 Å². The minimum absolute atomic E-state index is 0.176. The number of likely N-dealkylation sites (tertiary alicyclic amines) is 1. The monoisotopic (exact) mass is 400 g/mol. The van der Waals surface area contributed by atoms with Crippen LogP contribution in [0.1, 0.15) is 35.2 Å². The largest absolute Gasteiger partial charge is 0.371 e. The van der Waals surface area contributed by atoms with E-state index in [0.717, 1.165) is 56.6 Å². The van der Waals surface area contributed by atoms with Crippen molar-refractivity contribution in [1.82, 2.24) is 15.1 Å². The van der Waals surface area contributed by atoms with E-state index >= 15 is 0 Å². The Bertz CT molecular complexity index is 999. The average Bonchev–Trinajstić information content (AvgIpc) is 3.40. The molecule has 1 atom stereocenters. The number of carbonyl (C=O) groups excluding carboxylic acids is 1. The van der Waals surface area contributed by atoms with Gasteiger partial charge in [-0.25, -0.2) is 0 Å². The Morgan fingerprint density at radius 3 is 2.77 bits per heavy atom. The Balaban J connectivity index is 1.22. The molecule has 2 aromatic carbocycles. The van der Waals surface area contributed by atoms with Crippen LogP contribution in [-0.4, -0.2) is 47.2 Å². The number of aromatic nitrogens is 2. The molecule has 3 heterocycles. The van der Waals surface area contributed by atoms with Crippen molar-refractivity contribution in [2.24, 2.45) is 5.92 Å². The molecule has 1 unspecified atom stereocenters. The summed E-state index contributed by atoms with van der Waals surface area (Å²) >= 11 is 0. The third-order valence-corrected chi connectivity index (χ3v) is 6.54. The summed E-state index contributed by atoms with van der Waals surface area (Å²) in [5.41, 5.74) is 5.99. The number of fused-ring (bicyclic) bond motifs is 1. The normalized spacial score (nSPS) is 18.9. The summed E-state index contributed by atoms with van der Waals surface area (Å²) in [6.07, 6.45) is 8.29. The predicted molar refractivity (Wildman–Crippen MR) is 120 cm³/mol. The molecular weight excluding hydrogens is 372 g/mol. The van der Waals surface area contributed by atoms with E-state index in [4.69, 9.17) is 0 Å². The highest BCUT2D eigenvalue weighted by molar-refractivity contribution is 5.94. The first kappa shape index (κ1) is 18.9. The van der Waals surface area contributed by atoms with E-state index in [0.29, 0.717) is 5.92 Å². The Kier molecular flexibility index (Phi) is 5.26. The lowest BCUT2D eigenvalue weighted by Gasteiger charge is -2.25. The number of hydrogen-bond acceptors (Lipinski definition) is 3. The van der Waals surface area contributed by atoms with Crippen molar-refractivity contribution in [2.45, 2.75) is 25.7 Å². The summed E-state index contributed by atoms with van der Waals surface area (Å²) in [5.74, 6) is 0.813. The van der Waals surface area contributed by atoms with Gasteiger partial charge in [0.25, 0.3) is 5.91 Å². The maximum Gasteiger partial charge on any atom is 0.253 e. The maximum atomic E-state index is 12.8. The number of carbonyl (C=O) groups is 1. The maximum absolute atomic E-state index is 12.8. The van der Waals surface area contributed by atoms with Gasteiger partial charge in [-0.3, -0.25) is 9.89 Å². The molecule has 0 spiro atoms. The molecule has 1 fully saturated rings. The number of nitrogens with one attached hydrogen (secondary N) is 1. The van der Waals surface area contributed by atoms with Crippen molar-refractivity contribution in [3.8, 4) is 11.1 Å². The van der Waals surface area contributed by atoms with Gasteiger partial charge in [-0.1, -0.05) is 24.3 Å². The molecule has 5 nitrogen and oxygen atoms in total. The topological polar surface area (TPSA) is 52.2 Å². The number of nitrogens with zero attached hydrogens (tertiary/aromatic N) is 3. The molecule has 0 bridgehead atoms. The van der Waals surface area contributed by atoms with Crippen LogP contribution in [-0.2, 0) is 6.42 Å². The summed E-state index contributed by atoms with van der Waals surface area (Å²) in [7, 11) is 0. The lowest BCUT2D eigenvalue weighted by molar-refractivity contribution is 0.0760. The highest BCUT2D eigenvalue weighted by Gasteiger charge is 2.26. The van der Waals surface area contributed by atoms with Crippen molar-refractivity contribution in [3.63, 3.8) is 0 Å². The van der Waals surface area contributed by atoms with Crippen LogP contribution in [0.2, 0.25) is 0 Å². The molecule has 5 rings (SSSR count). The third kappa shape index (κ3) is 3.84. The molecule has 3 aromatic rings. The lowest BCUT2D eigenvalue weighted by Crippen LogP contribution is -2.32. The number of amides is 1. The zero-order valence-corrected chi connectivity index (χ0v) is 17.3. The molecule has 1 N–H and O–H groups in total. The molecule has 1 saturated heterocycles. The van der Waals surface area contributed by atoms with Crippen molar-refractivity contribution in [3.05, 3.63) is 72.1 Å². The van der Waals surface area contributed by atoms with Crippen LogP contribution < -0.4 is 4.90 Å². The molecule has 5 heteroatoms. The molecular formula is C25H28N4O. The minimum Gasteiger partial charge on any atom is -0.371 e. The standard InChI is InChI=1S/C25H28N4O/c30-25(20-6-2-1-3-7-20)28-12-4-5-19(10-13-28)18-29-14-11-22-15-21(8-9-24(22)29)23-16-26-27-17-23/h1-3,6-9,15-17,19H,4-5,10-14,18H2,(H,26,27). The molecule has 2 aliphatic rings. The average molecular weight is 401 g/mol. The highest BCUT2D eigenvalue weighted by atomic mass is 16.2. The van der Waals surface area contributed by atoms with Crippen LogP contribution in [0.4, 0.5) is 5.69 Å². The third-order valence-electron chi connectivity index (χ3n) is 6.54. The van der Waals surface area contributed by atoms with Crippen molar-refractivity contribution in [2.75, 3.05) is 31.1 Å². The van der Waals surface area contributed by atoms with Gasteiger partial charge in [-0.05, 0) is 67.0 Å². The van der Waals surface area contributed by atoms with Crippen LogP contribution in [0.25, 0.3) is 11.1 Å². The zero-order valence-electron chi connectivity index (χ0n) is 17.3. The smallest absolute Gasteiger partial charge is 0.253 e. The van der Waals surface area contributed by atoms with Crippen LogP contribution in [0, 0.1) is 5.92 Å². The Labute approximate surface area is 177 Å². The van der Waals surface area contributed by atoms with E-state index in [1.165, 1.54) is 23.2 Å². The lowest BCUT2D eigenvalue weighted by atomic mass is 10.00. The second-order valence-electron chi connectivity index (χ2n) is 8.48. The molecule has 0 radical (unpaired) electrons.